The Morgan fingerprint density at radius 3 is 2.46 bits per heavy atom. The molecule has 0 unspecified atom stereocenters. The number of para-hydroxylation sites is 1. The van der Waals surface area contributed by atoms with Crippen molar-refractivity contribution in [2.24, 2.45) is 7.05 Å². The molecule has 26 heavy (non-hydrogen) atoms. The number of aryl methyl sites for hydroxylation is 1. The van der Waals surface area contributed by atoms with Crippen molar-refractivity contribution in [3.05, 3.63) is 70.9 Å². The van der Waals surface area contributed by atoms with Crippen LogP contribution in [0.5, 0.6) is 0 Å². The lowest BCUT2D eigenvalue weighted by molar-refractivity contribution is -0.131. The maximum atomic E-state index is 12.6. The number of hydrogen-bond acceptors (Lipinski definition) is 1. The number of carbonyl (C=O) groups is 1. The van der Waals surface area contributed by atoms with Gasteiger partial charge in [-0.25, -0.2) is 0 Å². The van der Waals surface area contributed by atoms with Crippen molar-refractivity contribution < 1.29 is 4.79 Å². The SMILES string of the molecule is Cn1c(C2CCN(C(=O)Cc3ccc(Cl)cc3)CC2)cc2ccccc21. The Kier molecular flexibility index (Phi) is 4.73. The summed E-state index contributed by atoms with van der Waals surface area (Å²) in [4.78, 5) is 14.6. The molecular weight excluding hydrogens is 344 g/mol. The molecule has 1 aromatic heterocycles. The summed E-state index contributed by atoms with van der Waals surface area (Å²) in [6, 6.07) is 18.4. The Balaban J connectivity index is 1.41. The van der Waals surface area contributed by atoms with Crippen LogP contribution in [0, 0.1) is 0 Å². The van der Waals surface area contributed by atoms with Crippen LogP contribution in [0.1, 0.15) is 30.0 Å². The summed E-state index contributed by atoms with van der Waals surface area (Å²) in [7, 11) is 2.15. The predicted molar refractivity (Wildman–Crippen MR) is 107 cm³/mol. The van der Waals surface area contributed by atoms with E-state index in [1.165, 1.54) is 16.6 Å². The monoisotopic (exact) mass is 366 g/mol. The first kappa shape index (κ1) is 17.2. The van der Waals surface area contributed by atoms with Crippen LogP contribution in [0.2, 0.25) is 5.02 Å². The van der Waals surface area contributed by atoms with E-state index in [1.54, 1.807) is 0 Å². The molecule has 1 aliphatic heterocycles. The van der Waals surface area contributed by atoms with Gasteiger partial charge in [-0.3, -0.25) is 4.79 Å². The van der Waals surface area contributed by atoms with Gasteiger partial charge in [0.05, 0.1) is 6.42 Å². The van der Waals surface area contributed by atoms with Crippen LogP contribution in [-0.4, -0.2) is 28.5 Å². The summed E-state index contributed by atoms with van der Waals surface area (Å²) < 4.78 is 2.31. The first-order valence-electron chi connectivity index (χ1n) is 9.18. The molecule has 134 valence electrons. The first-order valence-corrected chi connectivity index (χ1v) is 9.56. The molecule has 0 aliphatic carbocycles. The Labute approximate surface area is 159 Å². The predicted octanol–water partition coefficient (Wildman–Crippen LogP) is 4.78. The smallest absolute Gasteiger partial charge is 0.226 e. The highest BCUT2D eigenvalue weighted by Gasteiger charge is 2.25. The van der Waals surface area contributed by atoms with E-state index in [2.05, 4.69) is 41.9 Å². The van der Waals surface area contributed by atoms with Gasteiger partial charge in [0.15, 0.2) is 0 Å². The number of halogens is 1. The highest BCUT2D eigenvalue weighted by Crippen LogP contribution is 2.32. The molecule has 3 aromatic rings. The maximum Gasteiger partial charge on any atom is 0.226 e. The summed E-state index contributed by atoms with van der Waals surface area (Å²) in [6.45, 7) is 1.66. The zero-order chi connectivity index (χ0) is 18.1. The minimum Gasteiger partial charge on any atom is -0.347 e. The summed E-state index contributed by atoms with van der Waals surface area (Å²) in [5.74, 6) is 0.731. The fourth-order valence-corrected chi connectivity index (χ4v) is 4.14. The van der Waals surface area contributed by atoms with Crippen LogP contribution in [0.25, 0.3) is 10.9 Å². The van der Waals surface area contributed by atoms with Crippen LogP contribution < -0.4 is 0 Å². The number of piperidine rings is 1. The number of likely N-dealkylation sites (tertiary alicyclic amines) is 1. The molecule has 1 amide bonds. The molecule has 0 atom stereocenters. The van der Waals surface area contributed by atoms with Gasteiger partial charge in [0, 0.05) is 42.3 Å². The van der Waals surface area contributed by atoms with E-state index >= 15 is 0 Å². The van der Waals surface area contributed by atoms with E-state index in [-0.39, 0.29) is 5.91 Å². The van der Waals surface area contributed by atoms with Crippen molar-refractivity contribution >= 4 is 28.4 Å². The molecule has 4 heteroatoms. The number of hydrogen-bond donors (Lipinski definition) is 0. The zero-order valence-corrected chi connectivity index (χ0v) is 15.7. The lowest BCUT2D eigenvalue weighted by Crippen LogP contribution is -2.39. The van der Waals surface area contributed by atoms with Crippen molar-refractivity contribution in [1.29, 1.82) is 0 Å². The fourth-order valence-electron chi connectivity index (χ4n) is 4.02. The van der Waals surface area contributed by atoms with Crippen LogP contribution >= 0.6 is 11.6 Å². The van der Waals surface area contributed by atoms with E-state index in [9.17, 15) is 4.79 Å². The van der Waals surface area contributed by atoms with E-state index in [4.69, 9.17) is 11.6 Å². The van der Waals surface area contributed by atoms with Crippen molar-refractivity contribution in [2.75, 3.05) is 13.1 Å². The molecule has 3 nitrogen and oxygen atoms in total. The lowest BCUT2D eigenvalue weighted by atomic mass is 9.93. The average Bonchev–Trinajstić information content (AvgIpc) is 3.01. The highest BCUT2D eigenvalue weighted by atomic mass is 35.5. The van der Waals surface area contributed by atoms with Gasteiger partial charge in [-0.05, 0) is 48.1 Å². The number of rotatable bonds is 3. The quantitative estimate of drug-likeness (QED) is 0.654. The number of benzene rings is 2. The number of fused-ring (bicyclic) bond motifs is 1. The van der Waals surface area contributed by atoms with Gasteiger partial charge in [0.1, 0.15) is 0 Å². The molecule has 0 spiro atoms. The van der Waals surface area contributed by atoms with Gasteiger partial charge >= 0.3 is 0 Å². The number of aromatic nitrogens is 1. The van der Waals surface area contributed by atoms with E-state index in [0.29, 0.717) is 17.4 Å². The van der Waals surface area contributed by atoms with Crippen LogP contribution in [-0.2, 0) is 18.3 Å². The largest absolute Gasteiger partial charge is 0.347 e. The average molecular weight is 367 g/mol. The van der Waals surface area contributed by atoms with Gasteiger partial charge in [0.2, 0.25) is 5.91 Å². The van der Waals surface area contributed by atoms with Crippen LogP contribution in [0.4, 0.5) is 0 Å². The van der Waals surface area contributed by atoms with Crippen molar-refractivity contribution in [2.45, 2.75) is 25.2 Å². The molecule has 0 radical (unpaired) electrons. The van der Waals surface area contributed by atoms with Crippen molar-refractivity contribution in [3.63, 3.8) is 0 Å². The van der Waals surface area contributed by atoms with Crippen LogP contribution in [0.3, 0.4) is 0 Å². The molecule has 0 saturated carbocycles. The fraction of sp³-hybridized carbons (Fsp3) is 0.318. The minimum atomic E-state index is 0.211. The topological polar surface area (TPSA) is 25.2 Å². The second-order valence-electron chi connectivity index (χ2n) is 7.15. The lowest BCUT2D eigenvalue weighted by Gasteiger charge is -2.32. The molecule has 1 aliphatic rings. The number of amides is 1. The normalized spacial score (nSPS) is 15.5. The Bertz CT molecular complexity index is 921. The maximum absolute atomic E-state index is 12.6. The van der Waals surface area contributed by atoms with E-state index < -0.39 is 0 Å². The third-order valence-corrected chi connectivity index (χ3v) is 5.78. The van der Waals surface area contributed by atoms with Crippen molar-refractivity contribution in [3.8, 4) is 0 Å². The van der Waals surface area contributed by atoms with Crippen LogP contribution in [0.15, 0.2) is 54.6 Å². The van der Waals surface area contributed by atoms with Gasteiger partial charge in [-0.1, -0.05) is 41.9 Å². The molecule has 0 bridgehead atoms. The summed E-state index contributed by atoms with van der Waals surface area (Å²) in [6.07, 6.45) is 2.50. The first-order chi connectivity index (χ1) is 12.6. The third kappa shape index (κ3) is 3.36. The van der Waals surface area contributed by atoms with Gasteiger partial charge in [-0.2, -0.15) is 0 Å². The minimum absolute atomic E-state index is 0.211. The Morgan fingerprint density at radius 1 is 1.08 bits per heavy atom. The number of carbonyl (C=O) groups excluding carboxylic acids is 1. The Morgan fingerprint density at radius 2 is 1.77 bits per heavy atom. The summed E-state index contributed by atoms with van der Waals surface area (Å²) in [5, 5.41) is 2.00. The van der Waals surface area contributed by atoms with Crippen molar-refractivity contribution in [1.82, 2.24) is 9.47 Å². The summed E-state index contributed by atoms with van der Waals surface area (Å²) >= 11 is 5.92. The van der Waals surface area contributed by atoms with Gasteiger partial charge in [0.25, 0.3) is 0 Å². The molecule has 2 aromatic carbocycles. The molecule has 4 rings (SSSR count). The van der Waals surface area contributed by atoms with Gasteiger partial charge in [-0.15, -0.1) is 0 Å². The highest BCUT2D eigenvalue weighted by molar-refractivity contribution is 6.30. The molecule has 1 saturated heterocycles. The second kappa shape index (κ2) is 7.16. The molecule has 1 fully saturated rings. The Hall–Kier alpha value is -2.26. The summed E-state index contributed by atoms with van der Waals surface area (Å²) in [5.41, 5.74) is 3.69. The standard InChI is InChI=1S/C22H23ClN2O/c1-24-20-5-3-2-4-18(20)15-21(24)17-10-12-25(13-11-17)22(26)14-16-6-8-19(23)9-7-16/h2-9,15,17H,10-14H2,1H3. The molecule has 0 N–H and O–H groups in total. The third-order valence-electron chi connectivity index (χ3n) is 5.52. The van der Waals surface area contributed by atoms with E-state index in [1.807, 2.05) is 29.2 Å². The van der Waals surface area contributed by atoms with E-state index in [0.717, 1.165) is 31.5 Å². The molecular formula is C22H23ClN2O. The second-order valence-corrected chi connectivity index (χ2v) is 7.58. The zero-order valence-electron chi connectivity index (χ0n) is 15.0. The number of nitrogens with zero attached hydrogens (tertiary/aromatic N) is 2. The molecule has 2 heterocycles. The van der Waals surface area contributed by atoms with Gasteiger partial charge < -0.3 is 9.47 Å².